The summed E-state index contributed by atoms with van der Waals surface area (Å²) >= 11 is 13.1. The summed E-state index contributed by atoms with van der Waals surface area (Å²) in [5.74, 6) is 0.675. The van der Waals surface area contributed by atoms with E-state index in [2.05, 4.69) is 5.32 Å². The highest BCUT2D eigenvalue weighted by atomic mass is 35.5. The Bertz CT molecular complexity index is 451. The third kappa shape index (κ3) is 5.76. The lowest BCUT2D eigenvalue weighted by Crippen LogP contribution is -2.17. The molecule has 5 N–H and O–H groups in total. The van der Waals surface area contributed by atoms with Crippen molar-refractivity contribution in [1.82, 2.24) is 0 Å². The second kappa shape index (κ2) is 8.59. The predicted octanol–water partition coefficient (Wildman–Crippen LogP) is 1.99. The molecule has 5 nitrogen and oxygen atoms in total. The summed E-state index contributed by atoms with van der Waals surface area (Å²) in [5, 5.41) is 21.1. The summed E-state index contributed by atoms with van der Waals surface area (Å²) in [6.45, 7) is -0.282. The SMILES string of the molecule is Nc1cc(Cl)cc(Cl)c1NC(=O)CCSCC(O)CO. The van der Waals surface area contributed by atoms with E-state index < -0.39 is 6.10 Å². The van der Waals surface area contributed by atoms with Crippen LogP contribution in [-0.4, -0.2) is 40.3 Å². The Morgan fingerprint density at radius 3 is 2.75 bits per heavy atom. The maximum Gasteiger partial charge on any atom is 0.225 e. The number of nitrogens with two attached hydrogens (primary N) is 1. The average Bonchev–Trinajstić information content (AvgIpc) is 2.38. The fourth-order valence-electron chi connectivity index (χ4n) is 1.36. The number of thioether (sulfide) groups is 1. The van der Waals surface area contributed by atoms with E-state index in [-0.39, 0.29) is 24.0 Å². The number of anilines is 2. The molecule has 8 heteroatoms. The van der Waals surface area contributed by atoms with E-state index in [1.807, 2.05) is 0 Å². The van der Waals surface area contributed by atoms with Crippen molar-refractivity contribution in [2.24, 2.45) is 0 Å². The molecule has 0 aliphatic carbocycles. The lowest BCUT2D eigenvalue weighted by molar-refractivity contribution is -0.115. The molecule has 20 heavy (non-hydrogen) atoms. The Balaban J connectivity index is 2.43. The molecule has 0 aliphatic heterocycles. The Kier molecular flexibility index (Phi) is 7.47. The van der Waals surface area contributed by atoms with E-state index in [0.29, 0.717) is 27.9 Å². The maximum absolute atomic E-state index is 11.7. The average molecular weight is 339 g/mol. The molecule has 0 bridgehead atoms. The number of carbonyl (C=O) groups excluding carboxylic acids is 1. The first-order chi connectivity index (χ1) is 9.43. The van der Waals surface area contributed by atoms with Crippen molar-refractivity contribution in [2.45, 2.75) is 12.5 Å². The number of aliphatic hydroxyl groups is 2. The third-order valence-electron chi connectivity index (χ3n) is 2.34. The van der Waals surface area contributed by atoms with Crippen LogP contribution in [0.3, 0.4) is 0 Å². The first-order valence-corrected chi connectivity index (χ1v) is 7.76. The third-order valence-corrected chi connectivity index (χ3v) is 3.97. The van der Waals surface area contributed by atoms with Crippen LogP contribution in [0.2, 0.25) is 10.0 Å². The van der Waals surface area contributed by atoms with Gasteiger partial charge in [0.2, 0.25) is 5.91 Å². The van der Waals surface area contributed by atoms with Crippen molar-refractivity contribution in [3.05, 3.63) is 22.2 Å². The molecular weight excluding hydrogens is 323 g/mol. The zero-order chi connectivity index (χ0) is 15.1. The minimum absolute atomic E-state index is 0.230. The number of hydrogen-bond acceptors (Lipinski definition) is 5. The molecule has 0 aliphatic rings. The Morgan fingerprint density at radius 1 is 1.45 bits per heavy atom. The van der Waals surface area contributed by atoms with Crippen LogP contribution in [0.5, 0.6) is 0 Å². The first-order valence-electron chi connectivity index (χ1n) is 5.85. The van der Waals surface area contributed by atoms with Crippen LogP contribution < -0.4 is 11.1 Å². The van der Waals surface area contributed by atoms with Gasteiger partial charge in [0.15, 0.2) is 0 Å². The van der Waals surface area contributed by atoms with Crippen LogP contribution in [0, 0.1) is 0 Å². The Hall–Kier alpha value is -0.660. The van der Waals surface area contributed by atoms with Crippen molar-refractivity contribution in [2.75, 3.05) is 29.2 Å². The van der Waals surface area contributed by atoms with Gasteiger partial charge in [-0.1, -0.05) is 23.2 Å². The molecule has 1 aromatic rings. The van der Waals surface area contributed by atoms with Gasteiger partial charge in [-0.05, 0) is 12.1 Å². The van der Waals surface area contributed by atoms with Gasteiger partial charge < -0.3 is 21.3 Å². The van der Waals surface area contributed by atoms with Crippen molar-refractivity contribution in [3.8, 4) is 0 Å². The number of aliphatic hydroxyl groups excluding tert-OH is 2. The van der Waals surface area contributed by atoms with Gasteiger partial charge in [0.25, 0.3) is 0 Å². The van der Waals surface area contributed by atoms with Gasteiger partial charge in [0, 0.05) is 22.9 Å². The second-order valence-electron chi connectivity index (χ2n) is 4.06. The molecule has 0 heterocycles. The Morgan fingerprint density at radius 2 is 2.15 bits per heavy atom. The molecule has 112 valence electrons. The molecule has 0 aromatic heterocycles. The van der Waals surface area contributed by atoms with Crippen LogP contribution in [0.1, 0.15) is 6.42 Å². The molecule has 1 aromatic carbocycles. The number of halogens is 2. The smallest absolute Gasteiger partial charge is 0.225 e. The van der Waals surface area contributed by atoms with Crippen LogP contribution in [0.4, 0.5) is 11.4 Å². The summed E-state index contributed by atoms with van der Waals surface area (Å²) in [7, 11) is 0. The van der Waals surface area contributed by atoms with Crippen LogP contribution >= 0.6 is 35.0 Å². The van der Waals surface area contributed by atoms with E-state index in [0.717, 1.165) is 0 Å². The van der Waals surface area contributed by atoms with Gasteiger partial charge >= 0.3 is 0 Å². The molecule has 1 amide bonds. The van der Waals surface area contributed by atoms with Crippen molar-refractivity contribution >= 4 is 52.2 Å². The summed E-state index contributed by atoms with van der Waals surface area (Å²) in [6, 6.07) is 3.01. The first kappa shape index (κ1) is 17.4. The second-order valence-corrected chi connectivity index (χ2v) is 6.05. The molecule has 0 saturated carbocycles. The minimum Gasteiger partial charge on any atom is -0.397 e. The molecule has 0 saturated heterocycles. The number of hydrogen-bond donors (Lipinski definition) is 4. The zero-order valence-electron chi connectivity index (χ0n) is 10.6. The van der Waals surface area contributed by atoms with Crippen molar-refractivity contribution in [1.29, 1.82) is 0 Å². The highest BCUT2D eigenvalue weighted by Crippen LogP contribution is 2.32. The van der Waals surface area contributed by atoms with Crippen molar-refractivity contribution in [3.63, 3.8) is 0 Å². The highest BCUT2D eigenvalue weighted by Gasteiger charge is 2.11. The number of benzene rings is 1. The number of amides is 1. The van der Waals surface area contributed by atoms with Gasteiger partial charge in [-0.15, -0.1) is 0 Å². The monoisotopic (exact) mass is 338 g/mol. The number of nitrogen functional groups attached to an aromatic ring is 1. The summed E-state index contributed by atoms with van der Waals surface area (Å²) in [6.07, 6.45) is -0.509. The van der Waals surface area contributed by atoms with Crippen LogP contribution in [-0.2, 0) is 4.79 Å². The minimum atomic E-state index is -0.760. The van der Waals surface area contributed by atoms with Crippen LogP contribution in [0.15, 0.2) is 12.1 Å². The van der Waals surface area contributed by atoms with Gasteiger partial charge in [0.1, 0.15) is 0 Å². The molecule has 0 radical (unpaired) electrons. The summed E-state index contributed by atoms with van der Waals surface area (Å²) < 4.78 is 0. The van der Waals surface area contributed by atoms with Gasteiger partial charge in [0.05, 0.1) is 29.1 Å². The van der Waals surface area contributed by atoms with E-state index in [4.69, 9.17) is 39.1 Å². The number of rotatable bonds is 7. The quantitative estimate of drug-likeness (QED) is 0.450. The highest BCUT2D eigenvalue weighted by molar-refractivity contribution is 7.99. The molecule has 1 rings (SSSR count). The number of carbonyl (C=O) groups is 1. The molecule has 1 atom stereocenters. The summed E-state index contributed by atoms with van der Waals surface area (Å²) in [5.41, 5.74) is 6.39. The van der Waals surface area contributed by atoms with E-state index >= 15 is 0 Å². The van der Waals surface area contributed by atoms with E-state index in [1.165, 1.54) is 23.9 Å². The fourth-order valence-corrected chi connectivity index (χ4v) is 2.79. The topological polar surface area (TPSA) is 95.6 Å². The normalized spacial score (nSPS) is 12.2. The fraction of sp³-hybridized carbons (Fsp3) is 0.417. The molecule has 1 unspecified atom stereocenters. The summed E-state index contributed by atoms with van der Waals surface area (Å²) in [4.78, 5) is 11.7. The lowest BCUT2D eigenvalue weighted by atomic mass is 10.2. The largest absolute Gasteiger partial charge is 0.397 e. The standard InChI is InChI=1S/C12H16Cl2N2O3S/c13-7-3-9(14)12(10(15)4-7)16-11(19)1-2-20-6-8(18)5-17/h3-4,8,17-18H,1-2,5-6,15H2,(H,16,19). The van der Waals surface area contributed by atoms with E-state index in [9.17, 15) is 4.79 Å². The Labute approximate surface area is 131 Å². The lowest BCUT2D eigenvalue weighted by Gasteiger charge is -2.11. The predicted molar refractivity (Wildman–Crippen MR) is 84.5 cm³/mol. The van der Waals surface area contributed by atoms with Crippen molar-refractivity contribution < 1.29 is 15.0 Å². The number of nitrogens with one attached hydrogen (secondary N) is 1. The van der Waals surface area contributed by atoms with E-state index in [1.54, 1.807) is 0 Å². The molecular formula is C12H16Cl2N2O3S. The van der Waals surface area contributed by atoms with Gasteiger partial charge in [-0.2, -0.15) is 11.8 Å². The van der Waals surface area contributed by atoms with Gasteiger partial charge in [-0.25, -0.2) is 0 Å². The molecule has 0 spiro atoms. The zero-order valence-corrected chi connectivity index (χ0v) is 12.9. The van der Waals surface area contributed by atoms with Crippen LogP contribution in [0.25, 0.3) is 0 Å². The maximum atomic E-state index is 11.7. The van der Waals surface area contributed by atoms with Gasteiger partial charge in [-0.3, -0.25) is 4.79 Å². The molecule has 0 fully saturated rings.